The molecule has 18 heavy (non-hydrogen) atoms. The molecule has 2 rings (SSSR count). The molecule has 2 aromatic rings. The van der Waals surface area contributed by atoms with Gasteiger partial charge in [-0.3, -0.25) is 0 Å². The summed E-state index contributed by atoms with van der Waals surface area (Å²) in [5.41, 5.74) is 0.00682. The molecule has 0 atom stereocenters. The van der Waals surface area contributed by atoms with E-state index in [4.69, 9.17) is 0 Å². The second kappa shape index (κ2) is 4.60. The van der Waals surface area contributed by atoms with E-state index in [9.17, 15) is 4.79 Å². The molecule has 0 unspecified atom stereocenters. The van der Waals surface area contributed by atoms with Crippen LogP contribution in [0.2, 0.25) is 0 Å². The van der Waals surface area contributed by atoms with E-state index < -0.39 is 6.03 Å². The summed E-state index contributed by atoms with van der Waals surface area (Å²) >= 11 is 3.18. The number of aromatic nitrogens is 6. The van der Waals surface area contributed by atoms with Gasteiger partial charge in [-0.25, -0.2) is 14.8 Å². The average molecular weight is 313 g/mol. The molecule has 0 N–H and O–H groups in total. The first-order valence-corrected chi connectivity index (χ1v) is 6.17. The molecule has 0 spiro atoms. The standard InChI is InChI=1S/C10H13BrN6O/c1-10(2,3)4-7-14-8(11)15-17(7)9(18)16-6-12-5-13-16/h5-6H,4H2,1-3H3. The molecule has 7 nitrogen and oxygen atoms in total. The highest BCUT2D eigenvalue weighted by Gasteiger charge is 2.22. The molecule has 96 valence electrons. The Hall–Kier alpha value is -1.57. The van der Waals surface area contributed by atoms with Crippen LogP contribution in [0.15, 0.2) is 17.4 Å². The van der Waals surface area contributed by atoms with Crippen molar-refractivity contribution in [2.45, 2.75) is 27.2 Å². The SMILES string of the molecule is CC(C)(C)Cc1nc(Br)nn1C(=O)n1cncn1. The maximum Gasteiger partial charge on any atom is 0.372 e. The topological polar surface area (TPSA) is 78.5 Å². The van der Waals surface area contributed by atoms with Crippen LogP contribution in [-0.2, 0) is 6.42 Å². The zero-order valence-corrected chi connectivity index (χ0v) is 11.9. The molecule has 0 aromatic carbocycles. The quantitative estimate of drug-likeness (QED) is 0.801. The van der Waals surface area contributed by atoms with Gasteiger partial charge in [0.15, 0.2) is 0 Å². The van der Waals surface area contributed by atoms with Crippen molar-refractivity contribution >= 4 is 22.0 Å². The largest absolute Gasteiger partial charge is 0.372 e. The van der Waals surface area contributed by atoms with Gasteiger partial charge >= 0.3 is 6.03 Å². The van der Waals surface area contributed by atoms with Gasteiger partial charge in [-0.2, -0.15) is 14.5 Å². The Labute approximate surface area is 112 Å². The fourth-order valence-electron chi connectivity index (χ4n) is 1.46. The number of carbonyl (C=O) groups is 1. The van der Waals surface area contributed by atoms with E-state index in [0.29, 0.717) is 17.0 Å². The minimum absolute atomic E-state index is 0.00682. The molecule has 2 heterocycles. The average Bonchev–Trinajstić information content (AvgIpc) is 2.84. The monoisotopic (exact) mass is 312 g/mol. The number of hydrogen-bond donors (Lipinski definition) is 0. The smallest absolute Gasteiger partial charge is 0.243 e. The van der Waals surface area contributed by atoms with Crippen LogP contribution in [0.3, 0.4) is 0 Å². The lowest BCUT2D eigenvalue weighted by Crippen LogP contribution is -2.25. The Kier molecular flexibility index (Phi) is 3.29. The molecule has 0 saturated heterocycles. The van der Waals surface area contributed by atoms with Crippen LogP contribution in [0.5, 0.6) is 0 Å². The predicted molar refractivity (Wildman–Crippen MR) is 67.1 cm³/mol. The third kappa shape index (κ3) is 2.81. The first kappa shape index (κ1) is 12.9. The molecule has 0 bridgehead atoms. The molecule has 0 aliphatic rings. The van der Waals surface area contributed by atoms with E-state index in [-0.39, 0.29) is 5.41 Å². The van der Waals surface area contributed by atoms with E-state index >= 15 is 0 Å². The zero-order valence-electron chi connectivity index (χ0n) is 10.3. The van der Waals surface area contributed by atoms with E-state index in [0.717, 1.165) is 4.68 Å². The van der Waals surface area contributed by atoms with Crippen molar-refractivity contribution in [2.75, 3.05) is 0 Å². The highest BCUT2D eigenvalue weighted by Crippen LogP contribution is 2.20. The van der Waals surface area contributed by atoms with Crippen molar-refractivity contribution in [3.8, 4) is 0 Å². The second-order valence-electron chi connectivity index (χ2n) is 5.07. The van der Waals surface area contributed by atoms with Gasteiger partial charge in [-0.05, 0) is 21.3 Å². The number of rotatable bonds is 1. The summed E-state index contributed by atoms with van der Waals surface area (Å²) < 4.78 is 2.74. The maximum absolute atomic E-state index is 12.1. The van der Waals surface area contributed by atoms with Crippen molar-refractivity contribution in [1.82, 2.24) is 29.5 Å². The third-order valence-corrected chi connectivity index (χ3v) is 2.47. The summed E-state index contributed by atoms with van der Waals surface area (Å²) in [7, 11) is 0. The lowest BCUT2D eigenvalue weighted by molar-refractivity contribution is 0.236. The molecular formula is C10H13BrN6O. The molecule has 0 aliphatic heterocycles. The van der Waals surface area contributed by atoms with Crippen molar-refractivity contribution < 1.29 is 4.79 Å². The van der Waals surface area contributed by atoms with E-state index in [1.165, 1.54) is 17.3 Å². The summed E-state index contributed by atoms with van der Waals surface area (Å²) in [5.74, 6) is 0.592. The lowest BCUT2D eigenvalue weighted by Gasteiger charge is -2.16. The van der Waals surface area contributed by atoms with Crippen LogP contribution < -0.4 is 0 Å². The van der Waals surface area contributed by atoms with Gasteiger partial charge in [0, 0.05) is 6.42 Å². The molecule has 0 amide bonds. The summed E-state index contributed by atoms with van der Waals surface area (Å²) in [6.45, 7) is 6.21. The number of nitrogens with zero attached hydrogens (tertiary/aromatic N) is 6. The van der Waals surface area contributed by atoms with Gasteiger partial charge in [0.1, 0.15) is 18.5 Å². The molecular weight excluding hydrogens is 300 g/mol. The van der Waals surface area contributed by atoms with Crippen molar-refractivity contribution in [1.29, 1.82) is 0 Å². The lowest BCUT2D eigenvalue weighted by atomic mass is 9.92. The van der Waals surface area contributed by atoms with Gasteiger partial charge in [0.05, 0.1) is 0 Å². The Bertz CT molecular complexity index is 553. The molecule has 0 fully saturated rings. The normalized spacial score (nSPS) is 11.8. The number of carbonyl (C=O) groups excluding carboxylic acids is 1. The Morgan fingerprint density at radius 1 is 1.44 bits per heavy atom. The van der Waals surface area contributed by atoms with Gasteiger partial charge < -0.3 is 0 Å². The predicted octanol–water partition coefficient (Wildman–Crippen LogP) is 1.74. The van der Waals surface area contributed by atoms with Crippen LogP contribution in [-0.4, -0.2) is 35.6 Å². The Morgan fingerprint density at radius 2 is 2.17 bits per heavy atom. The van der Waals surface area contributed by atoms with Gasteiger partial charge in [-0.1, -0.05) is 20.8 Å². The van der Waals surface area contributed by atoms with Gasteiger partial charge in [0.2, 0.25) is 4.73 Å². The molecule has 8 heteroatoms. The molecule has 2 aromatic heterocycles. The van der Waals surface area contributed by atoms with Crippen LogP contribution >= 0.6 is 15.9 Å². The van der Waals surface area contributed by atoms with Crippen LogP contribution in [0.25, 0.3) is 0 Å². The van der Waals surface area contributed by atoms with Crippen molar-refractivity contribution in [3.05, 3.63) is 23.2 Å². The molecule has 0 radical (unpaired) electrons. The van der Waals surface area contributed by atoms with Crippen LogP contribution in [0.1, 0.15) is 26.6 Å². The van der Waals surface area contributed by atoms with Crippen LogP contribution in [0, 0.1) is 5.41 Å². The summed E-state index contributed by atoms with van der Waals surface area (Å²) in [4.78, 5) is 20.1. The van der Waals surface area contributed by atoms with E-state index in [1.54, 1.807) is 0 Å². The maximum atomic E-state index is 12.1. The zero-order chi connectivity index (χ0) is 13.3. The first-order chi connectivity index (χ1) is 8.37. The second-order valence-corrected chi connectivity index (χ2v) is 5.78. The Morgan fingerprint density at radius 3 is 2.72 bits per heavy atom. The van der Waals surface area contributed by atoms with Gasteiger partial charge in [-0.15, -0.1) is 5.10 Å². The summed E-state index contributed by atoms with van der Waals surface area (Å²) in [5, 5.41) is 7.83. The highest BCUT2D eigenvalue weighted by molar-refractivity contribution is 9.10. The molecule has 0 aliphatic carbocycles. The highest BCUT2D eigenvalue weighted by atomic mass is 79.9. The minimum atomic E-state index is -0.398. The number of halogens is 1. The molecule has 0 saturated carbocycles. The van der Waals surface area contributed by atoms with Gasteiger partial charge in [0.25, 0.3) is 0 Å². The fraction of sp³-hybridized carbons (Fsp3) is 0.500. The minimum Gasteiger partial charge on any atom is -0.243 e. The van der Waals surface area contributed by atoms with Crippen molar-refractivity contribution in [3.63, 3.8) is 0 Å². The van der Waals surface area contributed by atoms with E-state index in [1.807, 2.05) is 0 Å². The third-order valence-electron chi connectivity index (χ3n) is 2.13. The Balaban J connectivity index is 2.36. The van der Waals surface area contributed by atoms with Crippen molar-refractivity contribution in [2.24, 2.45) is 5.41 Å². The van der Waals surface area contributed by atoms with E-state index in [2.05, 4.69) is 56.9 Å². The number of hydrogen-bond acceptors (Lipinski definition) is 5. The van der Waals surface area contributed by atoms with Crippen LogP contribution in [0.4, 0.5) is 4.79 Å². The fourth-order valence-corrected chi connectivity index (χ4v) is 1.83. The summed E-state index contributed by atoms with van der Waals surface area (Å²) in [6.07, 6.45) is 3.26. The first-order valence-electron chi connectivity index (χ1n) is 5.37. The summed E-state index contributed by atoms with van der Waals surface area (Å²) in [6, 6.07) is -0.398.